The van der Waals surface area contributed by atoms with E-state index in [1.807, 2.05) is 48.3 Å². The fraction of sp³-hybridized carbons (Fsp3) is 0.188. The molecule has 0 aliphatic rings. The standard InChI is InChI=1S/C16H18N2S/c1-2-12-19-16-10-8-14(9-11-16)13-17-18-15-6-4-3-5-7-15/h3-11,13,18H,2,12H2,1H3. The third-order valence-electron chi connectivity index (χ3n) is 2.53. The fourth-order valence-electron chi connectivity index (χ4n) is 1.56. The molecule has 19 heavy (non-hydrogen) atoms. The minimum Gasteiger partial charge on any atom is -0.279 e. The van der Waals surface area contributed by atoms with Crippen molar-refractivity contribution in [1.29, 1.82) is 0 Å². The summed E-state index contributed by atoms with van der Waals surface area (Å²) in [5.74, 6) is 1.17. The number of rotatable bonds is 6. The summed E-state index contributed by atoms with van der Waals surface area (Å²) in [6, 6.07) is 18.4. The van der Waals surface area contributed by atoms with Gasteiger partial charge in [0, 0.05) is 4.90 Å². The normalized spacial score (nSPS) is 10.8. The number of hydrazone groups is 1. The fourth-order valence-corrected chi connectivity index (χ4v) is 2.33. The topological polar surface area (TPSA) is 24.4 Å². The molecule has 1 N–H and O–H groups in total. The largest absolute Gasteiger partial charge is 0.279 e. The van der Waals surface area contributed by atoms with Gasteiger partial charge >= 0.3 is 0 Å². The van der Waals surface area contributed by atoms with E-state index in [2.05, 4.69) is 41.7 Å². The van der Waals surface area contributed by atoms with Crippen LogP contribution in [0.5, 0.6) is 0 Å². The van der Waals surface area contributed by atoms with E-state index in [1.54, 1.807) is 0 Å². The van der Waals surface area contributed by atoms with Crippen molar-refractivity contribution in [3.05, 3.63) is 60.2 Å². The van der Waals surface area contributed by atoms with Crippen LogP contribution in [0, 0.1) is 0 Å². The van der Waals surface area contributed by atoms with Crippen LogP contribution in [0.1, 0.15) is 18.9 Å². The Morgan fingerprint density at radius 2 is 1.79 bits per heavy atom. The molecule has 0 unspecified atom stereocenters. The van der Waals surface area contributed by atoms with E-state index >= 15 is 0 Å². The molecule has 2 aromatic carbocycles. The van der Waals surface area contributed by atoms with Crippen molar-refractivity contribution in [3.63, 3.8) is 0 Å². The molecule has 0 bridgehead atoms. The molecule has 0 radical (unpaired) electrons. The number of anilines is 1. The third kappa shape index (κ3) is 4.79. The highest BCUT2D eigenvalue weighted by Crippen LogP contribution is 2.18. The molecule has 98 valence electrons. The van der Waals surface area contributed by atoms with Crippen molar-refractivity contribution in [2.24, 2.45) is 5.10 Å². The quantitative estimate of drug-likeness (QED) is 0.470. The summed E-state index contributed by atoms with van der Waals surface area (Å²) in [6.45, 7) is 2.20. The third-order valence-corrected chi connectivity index (χ3v) is 3.75. The summed E-state index contributed by atoms with van der Waals surface area (Å²) in [6.07, 6.45) is 3.04. The van der Waals surface area contributed by atoms with Crippen LogP contribution in [0.4, 0.5) is 5.69 Å². The summed E-state index contributed by atoms with van der Waals surface area (Å²) in [4.78, 5) is 1.31. The molecule has 0 aliphatic heterocycles. The highest BCUT2D eigenvalue weighted by Gasteiger charge is 1.93. The van der Waals surface area contributed by atoms with Gasteiger partial charge in [-0.15, -0.1) is 11.8 Å². The highest BCUT2D eigenvalue weighted by molar-refractivity contribution is 7.99. The van der Waals surface area contributed by atoms with Gasteiger partial charge in [-0.2, -0.15) is 5.10 Å². The maximum Gasteiger partial charge on any atom is 0.0561 e. The number of nitrogens with one attached hydrogen (secondary N) is 1. The molecule has 0 aliphatic carbocycles. The van der Waals surface area contributed by atoms with Crippen LogP contribution >= 0.6 is 11.8 Å². The molecule has 0 amide bonds. The second kappa shape index (κ2) is 7.64. The van der Waals surface area contributed by atoms with Crippen molar-refractivity contribution in [2.45, 2.75) is 18.2 Å². The summed E-state index contributed by atoms with van der Waals surface area (Å²) in [5.41, 5.74) is 5.10. The Morgan fingerprint density at radius 3 is 2.47 bits per heavy atom. The summed E-state index contributed by atoms with van der Waals surface area (Å²) < 4.78 is 0. The highest BCUT2D eigenvalue weighted by atomic mass is 32.2. The molecule has 0 saturated heterocycles. The lowest BCUT2D eigenvalue weighted by atomic mass is 10.2. The minimum absolute atomic E-state index is 0.994. The molecular weight excluding hydrogens is 252 g/mol. The van der Waals surface area contributed by atoms with Gasteiger partial charge in [0.15, 0.2) is 0 Å². The van der Waals surface area contributed by atoms with E-state index in [4.69, 9.17) is 0 Å². The zero-order chi connectivity index (χ0) is 13.3. The molecule has 3 heteroatoms. The van der Waals surface area contributed by atoms with Gasteiger partial charge < -0.3 is 0 Å². The van der Waals surface area contributed by atoms with Crippen LogP contribution in [-0.4, -0.2) is 12.0 Å². The number of thioether (sulfide) groups is 1. The van der Waals surface area contributed by atoms with Crippen LogP contribution in [0.2, 0.25) is 0 Å². The maximum atomic E-state index is 4.22. The number of benzene rings is 2. The number of nitrogens with zero attached hydrogens (tertiary/aromatic N) is 1. The Hall–Kier alpha value is -1.74. The van der Waals surface area contributed by atoms with E-state index in [0.717, 1.165) is 11.3 Å². The molecule has 0 spiro atoms. The van der Waals surface area contributed by atoms with E-state index in [1.165, 1.54) is 17.1 Å². The smallest absolute Gasteiger partial charge is 0.0561 e. The number of hydrogen-bond acceptors (Lipinski definition) is 3. The number of para-hydroxylation sites is 1. The Labute approximate surface area is 118 Å². The molecule has 0 saturated carbocycles. The predicted molar refractivity (Wildman–Crippen MR) is 85.1 cm³/mol. The van der Waals surface area contributed by atoms with Gasteiger partial charge in [0.2, 0.25) is 0 Å². The molecular formula is C16H18N2S. The zero-order valence-corrected chi connectivity index (χ0v) is 11.9. The Balaban J connectivity index is 1.88. The average molecular weight is 270 g/mol. The van der Waals surface area contributed by atoms with Crippen molar-refractivity contribution in [2.75, 3.05) is 11.2 Å². The van der Waals surface area contributed by atoms with Crippen molar-refractivity contribution in [3.8, 4) is 0 Å². The molecule has 0 aromatic heterocycles. The molecule has 0 atom stereocenters. The van der Waals surface area contributed by atoms with Gasteiger partial charge in [0.1, 0.15) is 0 Å². The summed E-state index contributed by atoms with van der Waals surface area (Å²) in [7, 11) is 0. The summed E-state index contributed by atoms with van der Waals surface area (Å²) in [5, 5.41) is 4.22. The molecule has 2 rings (SSSR count). The van der Waals surface area contributed by atoms with Gasteiger partial charge in [-0.05, 0) is 42.0 Å². The van der Waals surface area contributed by atoms with Crippen molar-refractivity contribution in [1.82, 2.24) is 0 Å². The number of hydrogen-bond donors (Lipinski definition) is 1. The first-order valence-electron chi connectivity index (χ1n) is 6.45. The lowest BCUT2D eigenvalue weighted by Gasteiger charge is -2.01. The van der Waals surface area contributed by atoms with Crippen LogP contribution in [-0.2, 0) is 0 Å². The van der Waals surface area contributed by atoms with Gasteiger partial charge in [-0.1, -0.05) is 37.3 Å². The van der Waals surface area contributed by atoms with E-state index in [-0.39, 0.29) is 0 Å². The van der Waals surface area contributed by atoms with E-state index in [0.29, 0.717) is 0 Å². The lowest BCUT2D eigenvalue weighted by Crippen LogP contribution is -1.90. The molecule has 0 heterocycles. The Bertz CT molecular complexity index is 506. The van der Waals surface area contributed by atoms with Gasteiger partial charge in [0.05, 0.1) is 11.9 Å². The molecule has 2 aromatic rings. The van der Waals surface area contributed by atoms with Crippen LogP contribution in [0.15, 0.2) is 64.6 Å². The summed E-state index contributed by atoms with van der Waals surface area (Å²) >= 11 is 1.89. The van der Waals surface area contributed by atoms with Crippen LogP contribution in [0.3, 0.4) is 0 Å². The van der Waals surface area contributed by atoms with Crippen molar-refractivity contribution >= 4 is 23.7 Å². The van der Waals surface area contributed by atoms with Crippen molar-refractivity contribution < 1.29 is 0 Å². The lowest BCUT2D eigenvalue weighted by molar-refractivity contribution is 1.10. The SMILES string of the molecule is CCCSc1ccc(C=NNc2ccccc2)cc1. The average Bonchev–Trinajstić information content (AvgIpc) is 2.47. The molecule has 2 nitrogen and oxygen atoms in total. The first-order valence-corrected chi connectivity index (χ1v) is 7.44. The van der Waals surface area contributed by atoms with Crippen LogP contribution < -0.4 is 5.43 Å². The van der Waals surface area contributed by atoms with Crippen LogP contribution in [0.25, 0.3) is 0 Å². The van der Waals surface area contributed by atoms with Gasteiger partial charge in [0.25, 0.3) is 0 Å². The second-order valence-corrected chi connectivity index (χ2v) is 5.32. The second-order valence-electron chi connectivity index (χ2n) is 4.15. The van der Waals surface area contributed by atoms with E-state index < -0.39 is 0 Å². The Morgan fingerprint density at radius 1 is 1.05 bits per heavy atom. The Kier molecular flexibility index (Phi) is 5.50. The maximum absolute atomic E-state index is 4.22. The van der Waals surface area contributed by atoms with Gasteiger partial charge in [-0.25, -0.2) is 0 Å². The monoisotopic (exact) mass is 270 g/mol. The predicted octanol–water partition coefficient (Wildman–Crippen LogP) is 4.63. The zero-order valence-electron chi connectivity index (χ0n) is 11.0. The first-order chi connectivity index (χ1) is 9.38. The van der Waals surface area contributed by atoms with Gasteiger partial charge in [-0.3, -0.25) is 5.43 Å². The molecule has 0 fully saturated rings. The minimum atomic E-state index is 0.994. The van der Waals surface area contributed by atoms with E-state index in [9.17, 15) is 0 Å². The first kappa shape index (κ1) is 13.7.